The maximum atomic E-state index is 6.63. The standard InChI is InChI=1S/C42H24N2OS2/c1-2-12-24-23(11-1)21-31(26-14-4-3-13-25(24)26)42-43-37-29-17-7-10-20-35(29)47-41(37)38(44-42)32-22-30-27-15-5-8-18-33(27)45-39(30)36-28-16-6-9-19-34(28)46-40(32)36/h1-22,42,44H. The van der Waals surface area contributed by atoms with Gasteiger partial charge in [0.25, 0.3) is 0 Å². The third-order valence-corrected chi connectivity index (χ3v) is 12.1. The molecule has 7 aromatic carbocycles. The number of benzene rings is 7. The summed E-state index contributed by atoms with van der Waals surface area (Å²) in [5.41, 5.74) is 5.37. The molecule has 1 N–H and O–H groups in total. The normalized spacial score (nSPS) is 14.9. The summed E-state index contributed by atoms with van der Waals surface area (Å²) in [6, 6.07) is 47.9. The number of nitrogens with zero attached hydrogens (tertiary/aromatic N) is 1. The molecule has 3 aromatic heterocycles. The SMILES string of the molecule is c1ccc2c(c1)cc(C1N=c3c(sc4ccccc34)=C(c3cc4c5ccccc5oc4c4c3sc3ccccc34)N1)c1ccccc12. The molecule has 5 heteroatoms. The Labute approximate surface area is 276 Å². The highest BCUT2D eigenvalue weighted by molar-refractivity contribution is 7.26. The van der Waals surface area contributed by atoms with E-state index in [2.05, 4.69) is 139 Å². The van der Waals surface area contributed by atoms with Gasteiger partial charge in [0.05, 0.1) is 15.6 Å². The van der Waals surface area contributed by atoms with Crippen LogP contribution in [0.5, 0.6) is 0 Å². The van der Waals surface area contributed by atoms with Crippen LogP contribution in [0.1, 0.15) is 17.3 Å². The van der Waals surface area contributed by atoms with E-state index in [1.54, 1.807) is 0 Å². The van der Waals surface area contributed by atoms with Gasteiger partial charge in [0, 0.05) is 52.2 Å². The van der Waals surface area contributed by atoms with Gasteiger partial charge in [-0.05, 0) is 51.9 Å². The zero-order valence-corrected chi connectivity index (χ0v) is 26.6. The molecule has 0 saturated heterocycles. The molecular formula is C42H24N2OS2. The van der Waals surface area contributed by atoms with Crippen LogP contribution in [-0.2, 0) is 0 Å². The highest BCUT2D eigenvalue weighted by Gasteiger charge is 2.26. The Bertz CT molecular complexity index is 3070. The Kier molecular flexibility index (Phi) is 5.20. The van der Waals surface area contributed by atoms with Crippen molar-refractivity contribution < 1.29 is 4.42 Å². The molecule has 0 aliphatic carbocycles. The van der Waals surface area contributed by atoms with Crippen LogP contribution in [0.3, 0.4) is 0 Å². The lowest BCUT2D eigenvalue weighted by Crippen LogP contribution is -2.37. The average molecular weight is 637 g/mol. The fraction of sp³-hybridized carbons (Fsp3) is 0.0238. The van der Waals surface area contributed by atoms with E-state index in [-0.39, 0.29) is 6.17 Å². The number of rotatable bonds is 2. The smallest absolute Gasteiger partial charge is 0.146 e. The van der Waals surface area contributed by atoms with E-state index >= 15 is 0 Å². The van der Waals surface area contributed by atoms with Crippen molar-refractivity contribution >= 4 is 102 Å². The van der Waals surface area contributed by atoms with Crippen molar-refractivity contribution in [2.45, 2.75) is 6.17 Å². The summed E-state index contributed by atoms with van der Waals surface area (Å²) in [6.45, 7) is 0. The molecule has 0 bridgehead atoms. The van der Waals surface area contributed by atoms with Gasteiger partial charge in [0.15, 0.2) is 0 Å². The molecule has 0 amide bonds. The van der Waals surface area contributed by atoms with E-state index in [1.165, 1.54) is 67.5 Å². The lowest BCUT2D eigenvalue weighted by Gasteiger charge is -2.24. The van der Waals surface area contributed by atoms with Gasteiger partial charge < -0.3 is 9.73 Å². The molecule has 11 rings (SSSR count). The van der Waals surface area contributed by atoms with Crippen LogP contribution in [0.4, 0.5) is 0 Å². The summed E-state index contributed by atoms with van der Waals surface area (Å²) >= 11 is 3.66. The van der Waals surface area contributed by atoms with E-state index in [1.807, 2.05) is 22.7 Å². The Morgan fingerprint density at radius 3 is 2.09 bits per heavy atom. The largest absolute Gasteiger partial charge is 0.455 e. The summed E-state index contributed by atoms with van der Waals surface area (Å²) in [4.78, 5) is 5.52. The zero-order chi connectivity index (χ0) is 30.6. The van der Waals surface area contributed by atoms with E-state index in [9.17, 15) is 0 Å². The summed E-state index contributed by atoms with van der Waals surface area (Å²) in [5.74, 6) is 0. The molecule has 0 spiro atoms. The third-order valence-electron chi connectivity index (χ3n) is 9.69. The summed E-state index contributed by atoms with van der Waals surface area (Å²) in [6.07, 6.45) is -0.272. The van der Waals surface area contributed by atoms with E-state index < -0.39 is 0 Å². The molecule has 3 nitrogen and oxygen atoms in total. The minimum absolute atomic E-state index is 0.272. The van der Waals surface area contributed by atoms with Crippen LogP contribution in [0, 0.1) is 0 Å². The topological polar surface area (TPSA) is 37.5 Å². The molecule has 1 aliphatic rings. The number of hydrogen-bond donors (Lipinski definition) is 1. The predicted octanol–water partition coefficient (Wildman–Crippen LogP) is 10.6. The highest BCUT2D eigenvalue weighted by Crippen LogP contribution is 2.45. The molecule has 10 aromatic rings. The second-order valence-electron chi connectivity index (χ2n) is 12.3. The minimum atomic E-state index is -0.272. The van der Waals surface area contributed by atoms with Gasteiger partial charge in [-0.25, -0.2) is 0 Å². The predicted molar refractivity (Wildman–Crippen MR) is 199 cm³/mol. The van der Waals surface area contributed by atoms with Gasteiger partial charge in [-0.3, -0.25) is 4.99 Å². The summed E-state index contributed by atoms with van der Waals surface area (Å²) < 4.78 is 11.5. The second kappa shape index (κ2) is 9.52. The molecular weight excluding hydrogens is 613 g/mol. The third kappa shape index (κ3) is 3.58. The molecule has 1 unspecified atom stereocenters. The molecule has 1 aliphatic heterocycles. The maximum Gasteiger partial charge on any atom is 0.146 e. The van der Waals surface area contributed by atoms with Crippen LogP contribution in [0.15, 0.2) is 143 Å². The van der Waals surface area contributed by atoms with Crippen LogP contribution in [0.2, 0.25) is 0 Å². The first kappa shape index (κ1) is 25.7. The number of fused-ring (bicyclic) bond motifs is 13. The fourth-order valence-electron chi connectivity index (χ4n) is 7.60. The summed E-state index contributed by atoms with van der Waals surface area (Å²) in [7, 11) is 0. The van der Waals surface area contributed by atoms with Crippen molar-refractivity contribution in [3.63, 3.8) is 0 Å². The van der Waals surface area contributed by atoms with Crippen molar-refractivity contribution in [2.24, 2.45) is 4.99 Å². The van der Waals surface area contributed by atoms with Crippen molar-refractivity contribution in [1.82, 2.24) is 5.32 Å². The van der Waals surface area contributed by atoms with Crippen LogP contribution < -0.4 is 15.2 Å². The van der Waals surface area contributed by atoms with E-state index in [0.717, 1.165) is 33.0 Å². The lowest BCUT2D eigenvalue weighted by atomic mass is 9.95. The van der Waals surface area contributed by atoms with Crippen LogP contribution >= 0.6 is 22.7 Å². The van der Waals surface area contributed by atoms with E-state index in [0.29, 0.717) is 0 Å². The first-order chi connectivity index (χ1) is 23.3. The average Bonchev–Trinajstić information content (AvgIpc) is 3.82. The van der Waals surface area contributed by atoms with Crippen LogP contribution in [-0.4, -0.2) is 0 Å². The van der Waals surface area contributed by atoms with Gasteiger partial charge in [-0.15, -0.1) is 22.7 Å². The molecule has 47 heavy (non-hydrogen) atoms. The van der Waals surface area contributed by atoms with Gasteiger partial charge in [-0.1, -0.05) is 103 Å². The summed E-state index contributed by atoms with van der Waals surface area (Å²) in [5, 5.41) is 15.9. The molecule has 1 atom stereocenters. The van der Waals surface area contributed by atoms with E-state index in [4.69, 9.17) is 9.41 Å². The Hall–Kier alpha value is -5.49. The van der Waals surface area contributed by atoms with Gasteiger partial charge in [-0.2, -0.15) is 0 Å². The lowest BCUT2D eigenvalue weighted by molar-refractivity contribution is 0.645. The molecule has 4 heterocycles. The number of furan rings is 1. The maximum absolute atomic E-state index is 6.63. The highest BCUT2D eigenvalue weighted by atomic mass is 32.1. The van der Waals surface area contributed by atoms with Crippen molar-refractivity contribution in [3.8, 4) is 0 Å². The number of thiophene rings is 2. The van der Waals surface area contributed by atoms with Crippen LogP contribution in [0.25, 0.3) is 79.4 Å². The quantitative estimate of drug-likeness (QED) is 0.192. The van der Waals surface area contributed by atoms with Crippen molar-refractivity contribution in [3.05, 3.63) is 154 Å². The molecule has 0 saturated carbocycles. The van der Waals surface area contributed by atoms with Gasteiger partial charge in [0.2, 0.25) is 0 Å². The fourth-order valence-corrected chi connectivity index (χ4v) is 9.99. The second-order valence-corrected chi connectivity index (χ2v) is 14.4. The van der Waals surface area contributed by atoms with Crippen molar-refractivity contribution in [2.75, 3.05) is 0 Å². The minimum Gasteiger partial charge on any atom is -0.455 e. The molecule has 0 radical (unpaired) electrons. The van der Waals surface area contributed by atoms with Gasteiger partial charge in [0.1, 0.15) is 17.3 Å². The molecule has 0 fully saturated rings. The first-order valence-electron chi connectivity index (χ1n) is 15.8. The number of nitrogens with one attached hydrogen (secondary N) is 1. The van der Waals surface area contributed by atoms with Crippen molar-refractivity contribution in [1.29, 1.82) is 0 Å². The Morgan fingerprint density at radius 1 is 0.574 bits per heavy atom. The number of hydrogen-bond acceptors (Lipinski definition) is 5. The first-order valence-corrected chi connectivity index (χ1v) is 17.5. The zero-order valence-electron chi connectivity index (χ0n) is 25.0. The Balaban J connectivity index is 1.28. The Morgan fingerprint density at radius 2 is 1.23 bits per heavy atom. The van der Waals surface area contributed by atoms with Gasteiger partial charge >= 0.3 is 0 Å². The monoisotopic (exact) mass is 636 g/mol. The number of para-hydroxylation sites is 1. The molecule has 220 valence electrons.